The molecule has 1 aliphatic heterocycles. The molecule has 0 aromatic heterocycles. The molecule has 0 spiro atoms. The third-order valence-corrected chi connectivity index (χ3v) is 3.90. The fourth-order valence-corrected chi connectivity index (χ4v) is 2.47. The van der Waals surface area contributed by atoms with Gasteiger partial charge in [0.15, 0.2) is 0 Å². The zero-order valence-electron chi connectivity index (χ0n) is 12.6. The van der Waals surface area contributed by atoms with Crippen molar-refractivity contribution in [1.82, 2.24) is 4.90 Å². The Kier molecular flexibility index (Phi) is 5.20. The summed E-state index contributed by atoms with van der Waals surface area (Å²) >= 11 is 0. The molecule has 1 heterocycles. The molecule has 1 fully saturated rings. The van der Waals surface area contributed by atoms with Gasteiger partial charge in [-0.1, -0.05) is 19.1 Å². The number of likely N-dealkylation sites (tertiary alicyclic amines) is 1. The SMILES string of the molecule is COC(=O)c1ccccc1NCC(=O)N1CCC(C)CC1. The van der Waals surface area contributed by atoms with E-state index < -0.39 is 5.97 Å². The van der Waals surface area contributed by atoms with E-state index in [0.717, 1.165) is 25.9 Å². The van der Waals surface area contributed by atoms with Crippen LogP contribution in [0.3, 0.4) is 0 Å². The Labute approximate surface area is 125 Å². The van der Waals surface area contributed by atoms with Crippen LogP contribution < -0.4 is 5.32 Å². The van der Waals surface area contributed by atoms with Gasteiger partial charge in [0.1, 0.15) is 0 Å². The van der Waals surface area contributed by atoms with Crippen molar-refractivity contribution in [3.8, 4) is 0 Å². The molecule has 1 N–H and O–H groups in total. The molecule has 21 heavy (non-hydrogen) atoms. The third-order valence-electron chi connectivity index (χ3n) is 3.90. The average Bonchev–Trinajstić information content (AvgIpc) is 2.52. The number of nitrogens with zero attached hydrogens (tertiary/aromatic N) is 1. The van der Waals surface area contributed by atoms with E-state index in [4.69, 9.17) is 4.74 Å². The van der Waals surface area contributed by atoms with Crippen molar-refractivity contribution in [3.63, 3.8) is 0 Å². The van der Waals surface area contributed by atoms with Gasteiger partial charge < -0.3 is 15.0 Å². The van der Waals surface area contributed by atoms with Gasteiger partial charge in [-0.25, -0.2) is 4.79 Å². The minimum atomic E-state index is -0.405. The number of para-hydroxylation sites is 1. The quantitative estimate of drug-likeness (QED) is 0.863. The lowest BCUT2D eigenvalue weighted by Gasteiger charge is -2.30. The molecule has 5 nitrogen and oxygen atoms in total. The van der Waals surface area contributed by atoms with Gasteiger partial charge in [0.05, 0.1) is 19.2 Å². The predicted molar refractivity (Wildman–Crippen MR) is 81.2 cm³/mol. The second-order valence-corrected chi connectivity index (χ2v) is 5.45. The first-order valence-electron chi connectivity index (χ1n) is 7.30. The minimum absolute atomic E-state index is 0.0709. The number of hydrogen-bond donors (Lipinski definition) is 1. The second kappa shape index (κ2) is 7.11. The number of rotatable bonds is 4. The number of anilines is 1. The number of nitrogens with one attached hydrogen (secondary N) is 1. The molecule has 0 unspecified atom stereocenters. The van der Waals surface area contributed by atoms with E-state index in [0.29, 0.717) is 17.2 Å². The number of hydrogen-bond acceptors (Lipinski definition) is 4. The number of carbonyl (C=O) groups is 2. The molecule has 0 atom stereocenters. The van der Waals surface area contributed by atoms with Gasteiger partial charge in [-0.2, -0.15) is 0 Å². The number of ether oxygens (including phenoxy) is 1. The number of amides is 1. The molecule has 0 saturated carbocycles. The highest BCUT2D eigenvalue weighted by Gasteiger charge is 2.20. The Balaban J connectivity index is 1.94. The first kappa shape index (κ1) is 15.4. The fraction of sp³-hybridized carbons (Fsp3) is 0.500. The van der Waals surface area contributed by atoms with Crippen molar-refractivity contribution >= 4 is 17.6 Å². The van der Waals surface area contributed by atoms with Gasteiger partial charge in [0.2, 0.25) is 5.91 Å². The predicted octanol–water partition coefficient (Wildman–Crippen LogP) is 2.14. The molecule has 5 heteroatoms. The van der Waals surface area contributed by atoms with Crippen LogP contribution in [0.4, 0.5) is 5.69 Å². The Morgan fingerprint density at radius 1 is 1.29 bits per heavy atom. The summed E-state index contributed by atoms with van der Waals surface area (Å²) in [4.78, 5) is 25.7. The molecule has 2 rings (SSSR count). The Hall–Kier alpha value is -2.04. The summed E-state index contributed by atoms with van der Waals surface area (Å²) in [5.41, 5.74) is 1.07. The Bertz CT molecular complexity index is 508. The lowest BCUT2D eigenvalue weighted by atomic mass is 9.99. The number of esters is 1. The molecule has 1 aromatic carbocycles. The summed E-state index contributed by atoms with van der Waals surface area (Å²) in [5.74, 6) is 0.362. The van der Waals surface area contributed by atoms with Crippen molar-refractivity contribution in [1.29, 1.82) is 0 Å². The number of piperidine rings is 1. The zero-order chi connectivity index (χ0) is 15.2. The summed E-state index contributed by atoms with van der Waals surface area (Å²) in [6, 6.07) is 7.05. The van der Waals surface area contributed by atoms with Gasteiger partial charge >= 0.3 is 5.97 Å². The molecular weight excluding hydrogens is 268 g/mol. The van der Waals surface area contributed by atoms with Gasteiger partial charge in [-0.05, 0) is 30.9 Å². The van der Waals surface area contributed by atoms with Crippen LogP contribution in [0.25, 0.3) is 0 Å². The first-order chi connectivity index (χ1) is 10.1. The topological polar surface area (TPSA) is 58.6 Å². The number of benzene rings is 1. The maximum atomic E-state index is 12.2. The van der Waals surface area contributed by atoms with Crippen molar-refractivity contribution in [2.24, 2.45) is 5.92 Å². The molecule has 0 bridgehead atoms. The van der Waals surface area contributed by atoms with Crippen LogP contribution >= 0.6 is 0 Å². The monoisotopic (exact) mass is 290 g/mol. The van der Waals surface area contributed by atoms with Crippen LogP contribution in [0, 0.1) is 5.92 Å². The van der Waals surface area contributed by atoms with Crippen LogP contribution in [-0.4, -0.2) is 43.5 Å². The van der Waals surface area contributed by atoms with E-state index in [-0.39, 0.29) is 12.5 Å². The van der Waals surface area contributed by atoms with Gasteiger partial charge in [0.25, 0.3) is 0 Å². The van der Waals surface area contributed by atoms with Crippen LogP contribution in [-0.2, 0) is 9.53 Å². The van der Waals surface area contributed by atoms with Crippen molar-refractivity contribution in [2.75, 3.05) is 32.1 Å². The third kappa shape index (κ3) is 3.97. The van der Waals surface area contributed by atoms with E-state index in [1.807, 2.05) is 11.0 Å². The van der Waals surface area contributed by atoms with Gasteiger partial charge in [-0.3, -0.25) is 4.79 Å². The maximum absolute atomic E-state index is 12.2. The summed E-state index contributed by atoms with van der Waals surface area (Å²) in [5, 5.41) is 3.04. The highest BCUT2D eigenvalue weighted by atomic mass is 16.5. The van der Waals surface area contributed by atoms with Gasteiger partial charge in [-0.15, -0.1) is 0 Å². The standard InChI is InChI=1S/C16H22N2O3/c1-12-7-9-18(10-8-12)15(19)11-17-14-6-4-3-5-13(14)16(20)21-2/h3-6,12,17H,7-11H2,1-2H3. The van der Waals surface area contributed by atoms with E-state index in [1.165, 1.54) is 7.11 Å². The van der Waals surface area contributed by atoms with E-state index in [9.17, 15) is 9.59 Å². The summed E-state index contributed by atoms with van der Waals surface area (Å²) in [6.07, 6.45) is 2.12. The van der Waals surface area contributed by atoms with Crippen molar-refractivity contribution in [3.05, 3.63) is 29.8 Å². The summed E-state index contributed by atoms with van der Waals surface area (Å²) < 4.78 is 4.74. The van der Waals surface area contributed by atoms with E-state index in [2.05, 4.69) is 12.2 Å². The number of methoxy groups -OCH3 is 1. The summed E-state index contributed by atoms with van der Waals surface area (Å²) in [7, 11) is 1.35. The van der Waals surface area contributed by atoms with Crippen LogP contribution in [0.5, 0.6) is 0 Å². The lowest BCUT2D eigenvalue weighted by molar-refractivity contribution is -0.130. The highest BCUT2D eigenvalue weighted by molar-refractivity contribution is 5.96. The summed E-state index contributed by atoms with van der Waals surface area (Å²) in [6.45, 7) is 4.05. The van der Waals surface area contributed by atoms with E-state index in [1.54, 1.807) is 18.2 Å². The van der Waals surface area contributed by atoms with Crippen LogP contribution in [0.15, 0.2) is 24.3 Å². The molecule has 1 saturated heterocycles. The van der Waals surface area contributed by atoms with Crippen LogP contribution in [0.1, 0.15) is 30.1 Å². The Morgan fingerprint density at radius 2 is 1.95 bits per heavy atom. The van der Waals surface area contributed by atoms with Crippen LogP contribution in [0.2, 0.25) is 0 Å². The molecular formula is C16H22N2O3. The normalized spacial score (nSPS) is 15.6. The molecule has 1 aromatic rings. The highest BCUT2D eigenvalue weighted by Crippen LogP contribution is 2.18. The molecule has 0 radical (unpaired) electrons. The lowest BCUT2D eigenvalue weighted by Crippen LogP contribution is -2.41. The van der Waals surface area contributed by atoms with Gasteiger partial charge in [0, 0.05) is 18.8 Å². The first-order valence-corrected chi connectivity index (χ1v) is 7.30. The molecule has 1 amide bonds. The second-order valence-electron chi connectivity index (χ2n) is 5.45. The minimum Gasteiger partial charge on any atom is -0.465 e. The Morgan fingerprint density at radius 3 is 2.62 bits per heavy atom. The molecule has 0 aliphatic carbocycles. The molecule has 1 aliphatic rings. The zero-order valence-corrected chi connectivity index (χ0v) is 12.6. The maximum Gasteiger partial charge on any atom is 0.339 e. The average molecular weight is 290 g/mol. The van der Waals surface area contributed by atoms with E-state index >= 15 is 0 Å². The number of carbonyl (C=O) groups excluding carboxylic acids is 2. The fourth-order valence-electron chi connectivity index (χ4n) is 2.47. The largest absolute Gasteiger partial charge is 0.465 e. The van der Waals surface area contributed by atoms with Crippen molar-refractivity contribution in [2.45, 2.75) is 19.8 Å². The van der Waals surface area contributed by atoms with Crippen molar-refractivity contribution < 1.29 is 14.3 Å². The molecule has 114 valence electrons. The smallest absolute Gasteiger partial charge is 0.339 e.